The van der Waals surface area contributed by atoms with Crippen LogP contribution in [0.1, 0.15) is 43.7 Å². The zero-order valence-electron chi connectivity index (χ0n) is 11.9. The first-order valence-corrected chi connectivity index (χ1v) is 7.08. The van der Waals surface area contributed by atoms with Gasteiger partial charge in [0, 0.05) is 6.04 Å². The molecule has 1 aliphatic rings. The summed E-state index contributed by atoms with van der Waals surface area (Å²) in [4.78, 5) is 23.3. The molecular formula is C15H21NO4. The molecule has 0 aliphatic heterocycles. The van der Waals surface area contributed by atoms with Crippen LogP contribution in [0.15, 0.2) is 22.8 Å². The van der Waals surface area contributed by atoms with E-state index in [1.165, 1.54) is 18.8 Å². The van der Waals surface area contributed by atoms with Gasteiger partial charge in [-0.25, -0.2) is 4.79 Å². The summed E-state index contributed by atoms with van der Waals surface area (Å²) >= 11 is 0. The molecule has 0 radical (unpaired) electrons. The number of amides is 1. The number of hydrogen-bond donors (Lipinski definition) is 1. The average Bonchev–Trinajstić information content (AvgIpc) is 2.95. The summed E-state index contributed by atoms with van der Waals surface area (Å²) in [5, 5.41) is 2.95. The van der Waals surface area contributed by atoms with Crippen molar-refractivity contribution in [3.8, 4) is 0 Å². The molecule has 1 fully saturated rings. The van der Waals surface area contributed by atoms with Crippen molar-refractivity contribution in [3.05, 3.63) is 24.2 Å². The van der Waals surface area contributed by atoms with E-state index in [1.807, 2.05) is 0 Å². The van der Waals surface area contributed by atoms with Crippen molar-refractivity contribution in [2.24, 2.45) is 11.8 Å². The largest absolute Gasteiger partial charge is 0.457 e. The summed E-state index contributed by atoms with van der Waals surface area (Å²) in [6.07, 6.45) is 4.72. The normalized spacial score (nSPS) is 26.0. The number of furan rings is 1. The highest BCUT2D eigenvalue weighted by atomic mass is 16.5. The van der Waals surface area contributed by atoms with Crippen LogP contribution < -0.4 is 5.32 Å². The van der Waals surface area contributed by atoms with Crippen molar-refractivity contribution >= 4 is 11.9 Å². The predicted molar refractivity (Wildman–Crippen MR) is 73.1 cm³/mol. The number of carbonyl (C=O) groups excluding carboxylic acids is 2. The minimum Gasteiger partial charge on any atom is -0.457 e. The third kappa shape index (κ3) is 3.62. The second-order valence-corrected chi connectivity index (χ2v) is 5.49. The Morgan fingerprint density at radius 2 is 2.20 bits per heavy atom. The van der Waals surface area contributed by atoms with E-state index in [2.05, 4.69) is 19.2 Å². The summed E-state index contributed by atoms with van der Waals surface area (Å²) in [6.45, 7) is 4.10. The number of carbonyl (C=O) groups is 2. The smallest absolute Gasteiger partial charge is 0.374 e. The molecule has 3 atom stereocenters. The maximum Gasteiger partial charge on any atom is 0.374 e. The van der Waals surface area contributed by atoms with E-state index in [0.29, 0.717) is 11.8 Å². The molecule has 2 rings (SSSR count). The molecule has 5 nitrogen and oxygen atoms in total. The van der Waals surface area contributed by atoms with Crippen LogP contribution in [0, 0.1) is 11.8 Å². The van der Waals surface area contributed by atoms with E-state index in [1.54, 1.807) is 6.07 Å². The molecule has 5 heteroatoms. The predicted octanol–water partition coefficient (Wildman–Crippen LogP) is 2.38. The summed E-state index contributed by atoms with van der Waals surface area (Å²) in [6, 6.07) is 3.28. The van der Waals surface area contributed by atoms with Gasteiger partial charge in [0.25, 0.3) is 5.91 Å². The average molecular weight is 279 g/mol. The van der Waals surface area contributed by atoms with E-state index in [4.69, 9.17) is 9.15 Å². The van der Waals surface area contributed by atoms with Crippen molar-refractivity contribution in [3.63, 3.8) is 0 Å². The fourth-order valence-electron chi connectivity index (χ4n) is 2.63. The third-order valence-electron chi connectivity index (χ3n) is 4.11. The zero-order valence-corrected chi connectivity index (χ0v) is 11.9. The monoisotopic (exact) mass is 279 g/mol. The first-order valence-electron chi connectivity index (χ1n) is 7.08. The highest BCUT2D eigenvalue weighted by molar-refractivity contribution is 5.88. The maximum absolute atomic E-state index is 11.8. The van der Waals surface area contributed by atoms with Crippen LogP contribution in [-0.2, 0) is 9.53 Å². The second kappa shape index (κ2) is 6.59. The fraction of sp³-hybridized carbons (Fsp3) is 0.600. The topological polar surface area (TPSA) is 68.5 Å². The number of hydrogen-bond acceptors (Lipinski definition) is 4. The molecule has 1 aromatic rings. The van der Waals surface area contributed by atoms with Gasteiger partial charge < -0.3 is 14.5 Å². The van der Waals surface area contributed by atoms with Gasteiger partial charge >= 0.3 is 5.97 Å². The van der Waals surface area contributed by atoms with Gasteiger partial charge in [0.1, 0.15) is 0 Å². The van der Waals surface area contributed by atoms with Crippen molar-refractivity contribution in [1.82, 2.24) is 5.32 Å². The minimum atomic E-state index is -0.616. The van der Waals surface area contributed by atoms with Crippen LogP contribution in [0.4, 0.5) is 0 Å². The summed E-state index contributed by atoms with van der Waals surface area (Å²) in [5.74, 6) is 0.303. The molecule has 0 saturated heterocycles. The lowest BCUT2D eigenvalue weighted by atomic mass is 9.78. The van der Waals surface area contributed by atoms with Crippen LogP contribution in [0.5, 0.6) is 0 Å². The van der Waals surface area contributed by atoms with Gasteiger partial charge in [0.2, 0.25) is 5.76 Å². The van der Waals surface area contributed by atoms with Crippen LogP contribution in [0.3, 0.4) is 0 Å². The molecule has 1 heterocycles. The fourth-order valence-corrected chi connectivity index (χ4v) is 2.63. The first-order chi connectivity index (χ1) is 9.58. The van der Waals surface area contributed by atoms with Crippen molar-refractivity contribution in [2.75, 3.05) is 6.61 Å². The van der Waals surface area contributed by atoms with Crippen molar-refractivity contribution in [1.29, 1.82) is 0 Å². The standard InChI is InChI=1S/C15H21NO4/c1-10-5-3-6-12(11(10)2)16-14(17)9-20-15(18)13-7-4-8-19-13/h4,7-8,10-12H,3,5-6,9H2,1-2H3,(H,16,17). The molecule has 1 amide bonds. The molecule has 3 unspecified atom stereocenters. The summed E-state index contributed by atoms with van der Waals surface area (Å²) in [5.41, 5.74) is 0. The Morgan fingerprint density at radius 3 is 2.90 bits per heavy atom. The number of esters is 1. The first kappa shape index (κ1) is 14.6. The van der Waals surface area contributed by atoms with E-state index in [9.17, 15) is 9.59 Å². The molecular weight excluding hydrogens is 258 g/mol. The molecule has 1 saturated carbocycles. The van der Waals surface area contributed by atoms with Crippen molar-refractivity contribution in [2.45, 2.75) is 39.2 Å². The lowest BCUT2D eigenvalue weighted by Gasteiger charge is -2.34. The zero-order chi connectivity index (χ0) is 14.5. The highest BCUT2D eigenvalue weighted by Gasteiger charge is 2.28. The van der Waals surface area contributed by atoms with E-state index in [0.717, 1.165) is 12.8 Å². The minimum absolute atomic E-state index is 0.109. The molecule has 0 aromatic carbocycles. The Hall–Kier alpha value is -1.78. The third-order valence-corrected chi connectivity index (χ3v) is 4.11. The second-order valence-electron chi connectivity index (χ2n) is 5.49. The molecule has 20 heavy (non-hydrogen) atoms. The van der Waals surface area contributed by atoms with Crippen LogP contribution in [-0.4, -0.2) is 24.5 Å². The van der Waals surface area contributed by atoms with E-state index >= 15 is 0 Å². The quantitative estimate of drug-likeness (QED) is 0.859. The highest BCUT2D eigenvalue weighted by Crippen LogP contribution is 2.29. The van der Waals surface area contributed by atoms with Crippen LogP contribution >= 0.6 is 0 Å². The molecule has 1 aliphatic carbocycles. The van der Waals surface area contributed by atoms with Gasteiger partial charge in [0.05, 0.1) is 6.26 Å². The SMILES string of the molecule is CC1CCCC(NC(=O)COC(=O)c2ccco2)C1C. The number of nitrogens with one attached hydrogen (secondary N) is 1. The van der Waals surface area contributed by atoms with Crippen LogP contribution in [0.2, 0.25) is 0 Å². The van der Waals surface area contributed by atoms with Crippen molar-refractivity contribution < 1.29 is 18.7 Å². The van der Waals surface area contributed by atoms with Gasteiger partial charge in [0.15, 0.2) is 6.61 Å². The van der Waals surface area contributed by atoms with E-state index < -0.39 is 5.97 Å². The maximum atomic E-state index is 11.8. The molecule has 0 bridgehead atoms. The van der Waals surface area contributed by atoms with Gasteiger partial charge in [-0.3, -0.25) is 4.79 Å². The molecule has 110 valence electrons. The van der Waals surface area contributed by atoms with Gasteiger partial charge in [-0.2, -0.15) is 0 Å². The Labute approximate surface area is 118 Å². The van der Waals surface area contributed by atoms with Crippen LogP contribution in [0.25, 0.3) is 0 Å². The van der Waals surface area contributed by atoms with E-state index in [-0.39, 0.29) is 24.3 Å². The number of rotatable bonds is 4. The molecule has 1 aromatic heterocycles. The Balaban J connectivity index is 1.76. The summed E-state index contributed by atoms with van der Waals surface area (Å²) < 4.78 is 9.81. The Kier molecular flexibility index (Phi) is 4.82. The molecule has 1 N–H and O–H groups in total. The lowest BCUT2D eigenvalue weighted by molar-refractivity contribution is -0.125. The lowest BCUT2D eigenvalue weighted by Crippen LogP contribution is -2.45. The summed E-state index contributed by atoms with van der Waals surface area (Å²) in [7, 11) is 0. The van der Waals surface area contributed by atoms with Gasteiger partial charge in [-0.15, -0.1) is 0 Å². The van der Waals surface area contributed by atoms with Gasteiger partial charge in [-0.05, 0) is 30.4 Å². The Morgan fingerprint density at radius 1 is 1.40 bits per heavy atom. The number of ether oxygens (including phenoxy) is 1. The molecule has 0 spiro atoms. The van der Waals surface area contributed by atoms with Gasteiger partial charge in [-0.1, -0.05) is 26.7 Å². The Bertz CT molecular complexity index is 454.